The summed E-state index contributed by atoms with van der Waals surface area (Å²) in [6.45, 7) is -0.00920. The van der Waals surface area contributed by atoms with E-state index in [9.17, 15) is 19.5 Å². The van der Waals surface area contributed by atoms with Crippen LogP contribution in [0.4, 0.5) is 0 Å². The van der Waals surface area contributed by atoms with Crippen molar-refractivity contribution < 1.29 is 38.5 Å². The molecule has 276 valence electrons. The zero-order valence-electron chi connectivity index (χ0n) is 29.7. The number of amides is 3. The highest BCUT2D eigenvalue weighted by molar-refractivity contribution is 5.99. The maximum absolute atomic E-state index is 15.2. The molecule has 0 radical (unpaired) electrons. The number of aliphatic hydroxyl groups is 1. The van der Waals surface area contributed by atoms with E-state index in [1.165, 1.54) is 12.0 Å². The monoisotopic (exact) mass is 711 g/mol. The molecule has 11 nitrogen and oxygen atoms in total. The molecule has 11 heteroatoms. The Morgan fingerprint density at radius 3 is 2.40 bits per heavy atom. The highest BCUT2D eigenvalue weighted by Gasteiger charge is 2.74. The van der Waals surface area contributed by atoms with Gasteiger partial charge in [-0.25, -0.2) is 0 Å². The van der Waals surface area contributed by atoms with Crippen LogP contribution in [0.5, 0.6) is 0 Å². The van der Waals surface area contributed by atoms with Crippen molar-refractivity contribution in [1.82, 2.24) is 15.1 Å². The van der Waals surface area contributed by atoms with Crippen molar-refractivity contribution in [2.24, 2.45) is 11.8 Å². The molecule has 2 aromatic rings. The van der Waals surface area contributed by atoms with Crippen LogP contribution in [0.2, 0.25) is 0 Å². The van der Waals surface area contributed by atoms with Crippen molar-refractivity contribution in [1.29, 1.82) is 0 Å². The molecule has 2 N–H and O–H groups in total. The lowest BCUT2D eigenvalue weighted by Gasteiger charge is -2.42. The number of carbonyl (C=O) groups is 4. The number of ether oxygens (including phenoxy) is 3. The molecular formula is C41H49N3O8. The molecule has 5 bridgehead atoms. The third kappa shape index (κ3) is 6.81. The molecule has 0 aromatic heterocycles. The summed E-state index contributed by atoms with van der Waals surface area (Å²) in [6, 6.07) is 16.1. The highest BCUT2D eigenvalue weighted by atomic mass is 16.6. The molecule has 5 aliphatic rings. The van der Waals surface area contributed by atoms with Crippen molar-refractivity contribution in [3.05, 3.63) is 96.1 Å². The number of hydrogen-bond acceptors (Lipinski definition) is 8. The lowest BCUT2D eigenvalue weighted by atomic mass is 9.74. The van der Waals surface area contributed by atoms with E-state index >= 15 is 4.79 Å². The van der Waals surface area contributed by atoms with Gasteiger partial charge in [-0.1, -0.05) is 104 Å². The van der Waals surface area contributed by atoms with Crippen LogP contribution in [0.25, 0.3) is 0 Å². The average molecular weight is 712 g/mol. The standard InChI is InChI=1S/C41H49N3O8/c1-50-26-31-36(28-16-8-3-9-17-28)51-40(49)34-32-21-22-41(52-32)35(34)38(47)44(30(25-45)24-27-14-6-2-7-15-27)37(41)39(48)43(29-18-10-4-11-19-29)23-13-5-12-20-33(46)42-31/h2-3,5-9,13-17,21-22,29-32,34-37,45H,4,10-12,18-20,23-26H2,1H3,(H,42,46)/b13-5-/t30-,31+,32-,34+,35+,36+,37-,41+/m1/s1. The molecule has 3 amide bonds. The van der Waals surface area contributed by atoms with E-state index in [-0.39, 0.29) is 37.5 Å². The van der Waals surface area contributed by atoms with Gasteiger partial charge in [0.15, 0.2) is 0 Å². The van der Waals surface area contributed by atoms with Crippen LogP contribution in [0.15, 0.2) is 85.0 Å². The quantitative estimate of drug-likeness (QED) is 0.313. The van der Waals surface area contributed by atoms with Gasteiger partial charge in [-0.05, 0) is 36.8 Å². The minimum absolute atomic E-state index is 0.0461. The van der Waals surface area contributed by atoms with Crippen LogP contribution in [-0.4, -0.2) is 101 Å². The molecule has 1 spiro atoms. The van der Waals surface area contributed by atoms with Crippen molar-refractivity contribution in [2.45, 2.75) is 93.3 Å². The van der Waals surface area contributed by atoms with Gasteiger partial charge in [0.05, 0.1) is 37.3 Å². The molecule has 2 saturated heterocycles. The molecule has 4 aliphatic heterocycles. The Hall–Kier alpha value is -4.32. The molecule has 1 saturated carbocycles. The number of benzene rings is 2. The second-order valence-corrected chi connectivity index (χ2v) is 14.7. The number of likely N-dealkylation sites (tertiary alicyclic amines) is 1. The second kappa shape index (κ2) is 15.7. The number of fused-ring (bicyclic) bond motifs is 2. The Labute approximate surface area is 305 Å². The summed E-state index contributed by atoms with van der Waals surface area (Å²) in [7, 11) is 1.52. The fourth-order valence-electron chi connectivity index (χ4n) is 9.07. The smallest absolute Gasteiger partial charge is 0.313 e. The Bertz CT molecular complexity index is 1660. The number of methoxy groups -OCH3 is 1. The first-order valence-corrected chi connectivity index (χ1v) is 18.7. The Morgan fingerprint density at radius 2 is 1.69 bits per heavy atom. The summed E-state index contributed by atoms with van der Waals surface area (Å²) in [5.74, 6) is -3.68. The number of allylic oxidation sites excluding steroid dienone is 1. The fourth-order valence-corrected chi connectivity index (χ4v) is 9.07. The van der Waals surface area contributed by atoms with Crippen molar-refractivity contribution >= 4 is 23.7 Å². The van der Waals surface area contributed by atoms with Gasteiger partial charge >= 0.3 is 5.97 Å². The van der Waals surface area contributed by atoms with Gasteiger partial charge in [-0.2, -0.15) is 0 Å². The largest absolute Gasteiger partial charge is 0.455 e. The lowest BCUT2D eigenvalue weighted by molar-refractivity contribution is -0.163. The fraction of sp³-hybridized carbons (Fsp3) is 0.512. The molecule has 4 heterocycles. The lowest BCUT2D eigenvalue weighted by Crippen LogP contribution is -2.60. The first kappa shape index (κ1) is 36.1. The van der Waals surface area contributed by atoms with Gasteiger partial charge in [-0.15, -0.1) is 0 Å². The van der Waals surface area contributed by atoms with Gasteiger partial charge in [-0.3, -0.25) is 19.2 Å². The second-order valence-electron chi connectivity index (χ2n) is 14.7. The summed E-state index contributed by atoms with van der Waals surface area (Å²) >= 11 is 0. The van der Waals surface area contributed by atoms with Crippen LogP contribution in [0, 0.1) is 11.8 Å². The number of aliphatic hydroxyl groups excluding tert-OH is 1. The molecular weight excluding hydrogens is 662 g/mol. The van der Waals surface area contributed by atoms with E-state index in [4.69, 9.17) is 14.2 Å². The van der Waals surface area contributed by atoms with E-state index in [0.717, 1.165) is 37.7 Å². The van der Waals surface area contributed by atoms with E-state index in [1.54, 1.807) is 12.2 Å². The summed E-state index contributed by atoms with van der Waals surface area (Å²) in [5, 5.41) is 13.9. The topological polar surface area (TPSA) is 135 Å². The Balaban J connectivity index is 1.33. The Kier molecular flexibility index (Phi) is 10.9. The normalized spacial score (nSPS) is 32.4. The van der Waals surface area contributed by atoms with Crippen molar-refractivity contribution in [2.75, 3.05) is 26.9 Å². The number of nitrogens with one attached hydrogen (secondary N) is 1. The summed E-state index contributed by atoms with van der Waals surface area (Å²) in [6.07, 6.45) is 11.4. The van der Waals surface area contributed by atoms with Gasteiger partial charge < -0.3 is 34.4 Å². The van der Waals surface area contributed by atoms with Crippen molar-refractivity contribution in [3.8, 4) is 0 Å². The number of rotatable bonds is 8. The molecule has 3 fully saturated rings. The maximum Gasteiger partial charge on any atom is 0.313 e. The van der Waals surface area contributed by atoms with Gasteiger partial charge in [0.1, 0.15) is 23.7 Å². The average Bonchev–Trinajstić information content (AvgIpc) is 3.82. The van der Waals surface area contributed by atoms with Gasteiger partial charge in [0, 0.05) is 26.1 Å². The van der Waals surface area contributed by atoms with Crippen LogP contribution in [0.1, 0.15) is 62.2 Å². The number of hydrogen-bond donors (Lipinski definition) is 2. The number of nitrogens with zero attached hydrogens (tertiary/aromatic N) is 2. The van der Waals surface area contributed by atoms with Gasteiger partial charge in [0.25, 0.3) is 0 Å². The third-order valence-corrected chi connectivity index (χ3v) is 11.5. The molecule has 1 aliphatic carbocycles. The zero-order chi connectivity index (χ0) is 36.2. The predicted molar refractivity (Wildman–Crippen MR) is 191 cm³/mol. The molecule has 7 rings (SSSR count). The molecule has 0 unspecified atom stereocenters. The zero-order valence-corrected chi connectivity index (χ0v) is 29.7. The van der Waals surface area contributed by atoms with Crippen LogP contribution >= 0.6 is 0 Å². The third-order valence-electron chi connectivity index (χ3n) is 11.5. The molecule has 52 heavy (non-hydrogen) atoms. The number of cyclic esters (lactones) is 1. The van der Waals surface area contributed by atoms with E-state index < -0.39 is 59.6 Å². The van der Waals surface area contributed by atoms with E-state index in [0.29, 0.717) is 24.9 Å². The van der Waals surface area contributed by atoms with Crippen LogP contribution in [-0.2, 0) is 39.8 Å². The highest BCUT2D eigenvalue weighted by Crippen LogP contribution is 2.56. The summed E-state index contributed by atoms with van der Waals surface area (Å²) in [4.78, 5) is 61.5. The minimum Gasteiger partial charge on any atom is -0.455 e. The summed E-state index contributed by atoms with van der Waals surface area (Å²) in [5.41, 5.74) is 0.133. The van der Waals surface area contributed by atoms with E-state index in [2.05, 4.69) is 5.32 Å². The Morgan fingerprint density at radius 1 is 0.962 bits per heavy atom. The van der Waals surface area contributed by atoms with Crippen LogP contribution in [0.3, 0.4) is 0 Å². The van der Waals surface area contributed by atoms with E-state index in [1.807, 2.05) is 77.7 Å². The first-order chi connectivity index (χ1) is 25.4. The van der Waals surface area contributed by atoms with Crippen molar-refractivity contribution in [3.63, 3.8) is 0 Å². The predicted octanol–water partition coefficient (Wildman–Crippen LogP) is 3.67. The first-order valence-electron chi connectivity index (χ1n) is 18.7. The molecule has 8 atom stereocenters. The van der Waals surface area contributed by atoms with Gasteiger partial charge in [0.2, 0.25) is 17.7 Å². The SMILES string of the molecule is COC[C@@H]1NC(=O)CC/C=C\CN(C2CCCCC2)C(=O)[C@H]2N([C@@H](CO)Cc3ccccc3)C(=O)[C@@H]3[C@@H](C(=O)O[C@H]1c1ccccc1)[C@H]1C=C[C@]32O1. The van der Waals surface area contributed by atoms with Crippen LogP contribution < -0.4 is 5.32 Å². The number of esters is 1. The minimum atomic E-state index is -1.43. The molecule has 2 aromatic carbocycles. The number of carbonyl (C=O) groups excluding carboxylic acids is 4. The summed E-state index contributed by atoms with van der Waals surface area (Å²) < 4.78 is 18.5. The maximum atomic E-state index is 15.2.